The van der Waals surface area contributed by atoms with Gasteiger partial charge in [0.05, 0.1) is 0 Å². The topological polar surface area (TPSA) is 56.3 Å². The Labute approximate surface area is 130 Å². The molecule has 2 N–H and O–H groups in total. The van der Waals surface area contributed by atoms with E-state index in [2.05, 4.69) is 16.1 Å². The molecule has 0 amide bonds. The molecular weight excluding hydrogens is 284 g/mol. The molecule has 4 nitrogen and oxygen atoms in total. The van der Waals surface area contributed by atoms with Gasteiger partial charge in [-0.3, -0.25) is 0 Å². The SMILES string of the molecule is CC(C)(C)[S+]([O-])NC1c2ccccc2OC12CCNCC2. The summed E-state index contributed by atoms with van der Waals surface area (Å²) in [5.74, 6) is 0.933. The van der Waals surface area contributed by atoms with Crippen molar-refractivity contribution >= 4 is 11.4 Å². The fraction of sp³-hybridized carbons (Fsp3) is 0.625. The highest BCUT2D eigenvalue weighted by atomic mass is 32.2. The van der Waals surface area contributed by atoms with E-state index in [4.69, 9.17) is 4.74 Å². The summed E-state index contributed by atoms with van der Waals surface area (Å²) in [6, 6.07) is 8.12. The summed E-state index contributed by atoms with van der Waals surface area (Å²) in [5, 5.41) is 3.38. The number of benzene rings is 1. The van der Waals surface area contributed by atoms with E-state index < -0.39 is 11.4 Å². The number of ether oxygens (including phenoxy) is 1. The van der Waals surface area contributed by atoms with Crippen molar-refractivity contribution in [2.24, 2.45) is 0 Å². The standard InChI is InChI=1S/C16H24N2O2S/c1-15(2,3)21(19)18-14-12-6-4-5-7-13(12)20-16(14)8-10-17-11-9-16/h4-7,14,17-18H,8-11H2,1-3H3. The molecule has 2 heterocycles. The zero-order valence-electron chi connectivity index (χ0n) is 12.9. The number of fused-ring (bicyclic) bond motifs is 1. The molecule has 0 saturated carbocycles. The predicted molar refractivity (Wildman–Crippen MR) is 85.7 cm³/mol. The number of hydrogen-bond acceptors (Lipinski definition) is 4. The number of nitrogens with one attached hydrogen (secondary N) is 2. The van der Waals surface area contributed by atoms with Gasteiger partial charge in [0.25, 0.3) is 0 Å². The molecule has 0 radical (unpaired) electrons. The molecule has 3 rings (SSSR count). The third-order valence-electron chi connectivity index (χ3n) is 4.30. The van der Waals surface area contributed by atoms with Gasteiger partial charge in [0.15, 0.2) is 0 Å². The van der Waals surface area contributed by atoms with E-state index in [0.717, 1.165) is 37.2 Å². The lowest BCUT2D eigenvalue weighted by Gasteiger charge is -2.39. The fourth-order valence-corrected chi connectivity index (χ4v) is 3.98. The van der Waals surface area contributed by atoms with Crippen LogP contribution in [-0.4, -0.2) is 28.0 Å². The monoisotopic (exact) mass is 308 g/mol. The summed E-state index contributed by atoms with van der Waals surface area (Å²) in [6.45, 7) is 7.86. The summed E-state index contributed by atoms with van der Waals surface area (Å²) >= 11 is -1.11. The normalized spacial score (nSPS) is 25.4. The van der Waals surface area contributed by atoms with Crippen LogP contribution in [0.5, 0.6) is 5.75 Å². The first kappa shape index (κ1) is 15.2. The maximum Gasteiger partial charge on any atom is 0.136 e. The highest BCUT2D eigenvalue weighted by Crippen LogP contribution is 2.48. The van der Waals surface area contributed by atoms with E-state index in [1.165, 1.54) is 0 Å². The van der Waals surface area contributed by atoms with Gasteiger partial charge in [0, 0.05) is 29.8 Å². The predicted octanol–water partition coefficient (Wildman–Crippen LogP) is 2.29. The van der Waals surface area contributed by atoms with E-state index in [-0.39, 0.29) is 16.4 Å². The van der Waals surface area contributed by atoms with Gasteiger partial charge in [-0.1, -0.05) is 18.2 Å². The third kappa shape index (κ3) is 2.80. The molecule has 2 aliphatic heterocycles. The van der Waals surface area contributed by atoms with Crippen LogP contribution >= 0.6 is 0 Å². The Kier molecular flexibility index (Phi) is 3.94. The quantitative estimate of drug-likeness (QED) is 0.823. The number of hydrogen-bond donors (Lipinski definition) is 2. The first-order chi connectivity index (χ1) is 9.92. The molecule has 1 aromatic carbocycles. The molecule has 0 aromatic heterocycles. The lowest BCUT2D eigenvalue weighted by atomic mass is 9.84. The molecule has 1 saturated heterocycles. The van der Waals surface area contributed by atoms with Gasteiger partial charge in [-0.25, -0.2) is 0 Å². The van der Waals surface area contributed by atoms with Crippen molar-refractivity contribution in [3.63, 3.8) is 0 Å². The Morgan fingerprint density at radius 3 is 2.62 bits per heavy atom. The minimum absolute atomic E-state index is 0.00383. The summed E-state index contributed by atoms with van der Waals surface area (Å²) in [4.78, 5) is 0. The molecule has 2 unspecified atom stereocenters. The molecule has 0 bridgehead atoms. The summed E-state index contributed by atoms with van der Waals surface area (Å²) in [7, 11) is 0. The summed E-state index contributed by atoms with van der Waals surface area (Å²) in [5.41, 5.74) is 0.868. The molecule has 5 heteroatoms. The second-order valence-corrected chi connectivity index (χ2v) is 8.88. The maximum atomic E-state index is 12.6. The van der Waals surface area contributed by atoms with E-state index in [9.17, 15) is 4.55 Å². The molecule has 1 fully saturated rings. The van der Waals surface area contributed by atoms with Gasteiger partial charge >= 0.3 is 0 Å². The van der Waals surface area contributed by atoms with Crippen LogP contribution in [0.2, 0.25) is 0 Å². The van der Waals surface area contributed by atoms with Crippen molar-refractivity contribution in [2.75, 3.05) is 13.1 Å². The van der Waals surface area contributed by atoms with Crippen LogP contribution < -0.4 is 14.8 Å². The third-order valence-corrected chi connectivity index (χ3v) is 5.86. The van der Waals surface area contributed by atoms with Gasteiger partial charge < -0.3 is 14.6 Å². The lowest BCUT2D eigenvalue weighted by molar-refractivity contribution is 0.0319. The van der Waals surface area contributed by atoms with Crippen LogP contribution in [0.1, 0.15) is 45.2 Å². The average molecular weight is 308 g/mol. The van der Waals surface area contributed by atoms with Crippen LogP contribution in [0.3, 0.4) is 0 Å². The van der Waals surface area contributed by atoms with Crippen molar-refractivity contribution in [3.05, 3.63) is 29.8 Å². The van der Waals surface area contributed by atoms with Crippen molar-refractivity contribution in [2.45, 2.75) is 50.0 Å². The van der Waals surface area contributed by atoms with Crippen molar-refractivity contribution in [3.8, 4) is 5.75 Å². The van der Waals surface area contributed by atoms with Crippen molar-refractivity contribution < 1.29 is 9.29 Å². The molecule has 0 aliphatic carbocycles. The Balaban J connectivity index is 1.92. The average Bonchev–Trinajstić information content (AvgIpc) is 2.72. The molecule has 21 heavy (non-hydrogen) atoms. The Morgan fingerprint density at radius 2 is 1.95 bits per heavy atom. The van der Waals surface area contributed by atoms with Gasteiger partial charge in [-0.2, -0.15) is 0 Å². The van der Waals surface area contributed by atoms with Crippen LogP contribution in [0.25, 0.3) is 0 Å². The highest BCUT2D eigenvalue weighted by Gasteiger charge is 2.51. The molecule has 1 spiro atoms. The molecule has 2 aliphatic rings. The minimum atomic E-state index is -1.11. The van der Waals surface area contributed by atoms with E-state index in [1.807, 2.05) is 39.0 Å². The zero-order valence-corrected chi connectivity index (χ0v) is 13.8. The second-order valence-electron chi connectivity index (χ2n) is 6.89. The number of rotatable bonds is 2. The summed E-state index contributed by atoms with van der Waals surface area (Å²) in [6.07, 6.45) is 1.86. The Hall–Kier alpha value is -0.750. The maximum absolute atomic E-state index is 12.6. The lowest BCUT2D eigenvalue weighted by Crippen LogP contribution is -2.54. The fourth-order valence-electron chi connectivity index (χ4n) is 3.07. The largest absolute Gasteiger partial charge is 0.598 e. The van der Waals surface area contributed by atoms with Gasteiger partial charge in [-0.05, 0) is 39.9 Å². The first-order valence-electron chi connectivity index (χ1n) is 7.59. The van der Waals surface area contributed by atoms with E-state index in [0.29, 0.717) is 0 Å². The van der Waals surface area contributed by atoms with Gasteiger partial charge in [-0.15, -0.1) is 4.72 Å². The molecule has 116 valence electrons. The Morgan fingerprint density at radius 1 is 1.29 bits per heavy atom. The van der Waals surface area contributed by atoms with Crippen molar-refractivity contribution in [1.82, 2.24) is 10.0 Å². The van der Waals surface area contributed by atoms with Crippen LogP contribution in [0, 0.1) is 0 Å². The molecule has 2 atom stereocenters. The van der Waals surface area contributed by atoms with E-state index >= 15 is 0 Å². The number of para-hydroxylation sites is 1. The second kappa shape index (κ2) is 5.47. The Bertz CT molecular complexity index is 509. The zero-order chi connectivity index (χ0) is 15.1. The van der Waals surface area contributed by atoms with Gasteiger partial charge in [0.1, 0.15) is 22.1 Å². The van der Waals surface area contributed by atoms with Crippen LogP contribution in [0.15, 0.2) is 24.3 Å². The number of piperidine rings is 1. The van der Waals surface area contributed by atoms with Gasteiger partial charge in [0.2, 0.25) is 0 Å². The van der Waals surface area contributed by atoms with E-state index in [1.54, 1.807) is 0 Å². The van der Waals surface area contributed by atoms with Crippen molar-refractivity contribution in [1.29, 1.82) is 0 Å². The summed E-state index contributed by atoms with van der Waals surface area (Å²) < 4.78 is 22.0. The van der Waals surface area contributed by atoms with Crippen LogP contribution in [0.4, 0.5) is 0 Å². The molecule has 1 aromatic rings. The first-order valence-corrected chi connectivity index (χ1v) is 8.74. The molecular formula is C16H24N2O2S. The smallest absolute Gasteiger partial charge is 0.136 e. The minimum Gasteiger partial charge on any atom is -0.598 e. The highest BCUT2D eigenvalue weighted by molar-refractivity contribution is 7.90. The van der Waals surface area contributed by atoms with Crippen LogP contribution in [-0.2, 0) is 11.4 Å².